The van der Waals surface area contributed by atoms with Crippen LogP contribution in [-0.4, -0.2) is 19.1 Å². The molecule has 0 spiro atoms. The van der Waals surface area contributed by atoms with Gasteiger partial charge in [0.2, 0.25) is 0 Å². The van der Waals surface area contributed by atoms with E-state index in [0.29, 0.717) is 13.1 Å². The third-order valence-corrected chi connectivity index (χ3v) is 4.35. The maximum atomic E-state index is 11.7. The van der Waals surface area contributed by atoms with Gasteiger partial charge in [-0.05, 0) is 49.3 Å². The lowest BCUT2D eigenvalue weighted by molar-refractivity contribution is 0.241. The molecule has 0 fully saturated rings. The fourth-order valence-corrected chi connectivity index (χ4v) is 2.96. The van der Waals surface area contributed by atoms with Crippen LogP contribution in [0.5, 0.6) is 0 Å². The average molecular weight is 302 g/mol. The lowest BCUT2D eigenvalue weighted by Crippen LogP contribution is -2.37. The number of amides is 2. The largest absolute Gasteiger partial charge is 0.338 e. The molecule has 4 heteroatoms. The summed E-state index contributed by atoms with van der Waals surface area (Å²) >= 11 is 1.72. The normalized spacial score (nSPS) is 10.4. The van der Waals surface area contributed by atoms with Gasteiger partial charge >= 0.3 is 6.03 Å². The van der Waals surface area contributed by atoms with E-state index in [1.165, 1.54) is 21.6 Å². The van der Waals surface area contributed by atoms with Crippen molar-refractivity contribution in [3.63, 3.8) is 0 Å². The van der Waals surface area contributed by atoms with Crippen LogP contribution in [0.1, 0.15) is 21.6 Å². The summed E-state index contributed by atoms with van der Waals surface area (Å²) in [5.41, 5.74) is 3.85. The van der Waals surface area contributed by atoms with Crippen molar-refractivity contribution in [1.29, 1.82) is 0 Å². The smallest absolute Gasteiger partial charge is 0.314 e. The van der Waals surface area contributed by atoms with Crippen LogP contribution in [0.15, 0.2) is 35.7 Å². The molecule has 0 saturated carbocycles. The van der Waals surface area contributed by atoms with E-state index in [2.05, 4.69) is 54.1 Å². The molecule has 0 aliphatic rings. The quantitative estimate of drug-likeness (QED) is 0.843. The second kappa shape index (κ2) is 7.84. The predicted molar refractivity (Wildman–Crippen MR) is 89.0 cm³/mol. The number of nitrogens with one attached hydrogen (secondary N) is 2. The molecule has 0 saturated heterocycles. The average Bonchev–Trinajstić information content (AvgIpc) is 2.94. The van der Waals surface area contributed by atoms with Gasteiger partial charge in [0.05, 0.1) is 0 Å². The van der Waals surface area contributed by atoms with Crippen LogP contribution in [0.25, 0.3) is 0 Å². The molecule has 0 radical (unpaired) electrons. The summed E-state index contributed by atoms with van der Waals surface area (Å²) in [5, 5.41) is 7.85. The van der Waals surface area contributed by atoms with Crippen LogP contribution in [-0.2, 0) is 12.8 Å². The Labute approximate surface area is 130 Å². The lowest BCUT2D eigenvalue weighted by Gasteiger charge is -2.09. The Morgan fingerprint density at radius 1 is 1.10 bits per heavy atom. The third kappa shape index (κ3) is 5.23. The molecular weight excluding hydrogens is 280 g/mol. The van der Waals surface area contributed by atoms with Gasteiger partial charge in [0.1, 0.15) is 0 Å². The zero-order valence-corrected chi connectivity index (χ0v) is 13.4. The zero-order chi connectivity index (χ0) is 15.1. The second-order valence-electron chi connectivity index (χ2n) is 5.19. The standard InChI is InChI=1S/C17H22N2OS/c1-13-5-6-15(14(2)12-13)7-9-18-17(20)19-10-8-16-4-3-11-21-16/h3-6,11-12H,7-10H2,1-2H3,(H2,18,19,20). The number of hydrogen-bond acceptors (Lipinski definition) is 2. The first-order valence-electron chi connectivity index (χ1n) is 7.25. The van der Waals surface area contributed by atoms with Gasteiger partial charge in [-0.3, -0.25) is 0 Å². The SMILES string of the molecule is Cc1ccc(CCNC(=O)NCCc2cccs2)c(C)c1. The molecular formula is C17H22N2OS. The number of thiophene rings is 1. The molecule has 0 bridgehead atoms. The first-order chi connectivity index (χ1) is 10.1. The Hall–Kier alpha value is -1.81. The van der Waals surface area contributed by atoms with E-state index in [9.17, 15) is 4.79 Å². The number of carbonyl (C=O) groups is 1. The Morgan fingerprint density at radius 2 is 1.86 bits per heavy atom. The molecule has 0 atom stereocenters. The molecule has 2 N–H and O–H groups in total. The molecule has 2 aromatic rings. The predicted octanol–water partition coefficient (Wildman–Crippen LogP) is 3.45. The van der Waals surface area contributed by atoms with Gasteiger partial charge < -0.3 is 10.6 Å². The first-order valence-corrected chi connectivity index (χ1v) is 8.13. The molecule has 112 valence electrons. The van der Waals surface area contributed by atoms with Gasteiger partial charge in [0, 0.05) is 18.0 Å². The van der Waals surface area contributed by atoms with E-state index >= 15 is 0 Å². The molecule has 2 amide bonds. The third-order valence-electron chi connectivity index (χ3n) is 3.42. The minimum Gasteiger partial charge on any atom is -0.338 e. The summed E-state index contributed by atoms with van der Waals surface area (Å²) in [6, 6.07) is 10.5. The van der Waals surface area contributed by atoms with E-state index in [-0.39, 0.29) is 6.03 Å². The summed E-state index contributed by atoms with van der Waals surface area (Å²) in [5.74, 6) is 0. The first kappa shape index (κ1) is 15.6. The molecule has 21 heavy (non-hydrogen) atoms. The van der Waals surface area contributed by atoms with E-state index in [1.807, 2.05) is 6.07 Å². The van der Waals surface area contributed by atoms with Crippen LogP contribution in [0.4, 0.5) is 4.79 Å². The summed E-state index contributed by atoms with van der Waals surface area (Å²) < 4.78 is 0. The topological polar surface area (TPSA) is 41.1 Å². The van der Waals surface area contributed by atoms with Crippen LogP contribution < -0.4 is 10.6 Å². The van der Waals surface area contributed by atoms with Crippen molar-refractivity contribution in [2.45, 2.75) is 26.7 Å². The molecule has 0 aliphatic heterocycles. The number of rotatable bonds is 6. The highest BCUT2D eigenvalue weighted by atomic mass is 32.1. The van der Waals surface area contributed by atoms with Crippen LogP contribution in [0, 0.1) is 13.8 Å². The fraction of sp³-hybridized carbons (Fsp3) is 0.353. The molecule has 1 aromatic carbocycles. The molecule has 0 unspecified atom stereocenters. The van der Waals surface area contributed by atoms with Gasteiger partial charge in [-0.25, -0.2) is 4.79 Å². The summed E-state index contributed by atoms with van der Waals surface area (Å²) in [6.45, 7) is 5.55. The van der Waals surface area contributed by atoms with E-state index in [4.69, 9.17) is 0 Å². The minimum absolute atomic E-state index is 0.0867. The number of urea groups is 1. The number of benzene rings is 1. The number of hydrogen-bond donors (Lipinski definition) is 2. The van der Waals surface area contributed by atoms with Crippen LogP contribution >= 0.6 is 11.3 Å². The molecule has 1 aromatic heterocycles. The van der Waals surface area contributed by atoms with E-state index < -0.39 is 0 Å². The van der Waals surface area contributed by atoms with Gasteiger partial charge in [-0.15, -0.1) is 11.3 Å². The minimum atomic E-state index is -0.0867. The Bertz CT molecular complexity index is 578. The van der Waals surface area contributed by atoms with Crippen molar-refractivity contribution in [3.8, 4) is 0 Å². The Morgan fingerprint density at radius 3 is 2.52 bits per heavy atom. The van der Waals surface area contributed by atoms with Gasteiger partial charge in [-0.2, -0.15) is 0 Å². The lowest BCUT2D eigenvalue weighted by atomic mass is 10.0. The molecule has 1 heterocycles. The Balaban J connectivity index is 1.64. The van der Waals surface area contributed by atoms with Crippen molar-refractivity contribution in [3.05, 3.63) is 57.3 Å². The maximum absolute atomic E-state index is 11.7. The van der Waals surface area contributed by atoms with Gasteiger partial charge in [-0.1, -0.05) is 29.8 Å². The monoisotopic (exact) mass is 302 g/mol. The summed E-state index contributed by atoms with van der Waals surface area (Å²) in [4.78, 5) is 13.0. The Kier molecular flexibility index (Phi) is 5.81. The number of carbonyl (C=O) groups excluding carboxylic acids is 1. The fourth-order valence-electron chi connectivity index (χ4n) is 2.25. The molecule has 0 aliphatic carbocycles. The second-order valence-corrected chi connectivity index (χ2v) is 6.22. The van der Waals surface area contributed by atoms with Crippen molar-refractivity contribution in [2.75, 3.05) is 13.1 Å². The highest BCUT2D eigenvalue weighted by Crippen LogP contribution is 2.10. The highest BCUT2D eigenvalue weighted by Gasteiger charge is 2.02. The van der Waals surface area contributed by atoms with Gasteiger partial charge in [0.15, 0.2) is 0 Å². The summed E-state index contributed by atoms with van der Waals surface area (Å²) in [7, 11) is 0. The molecule has 3 nitrogen and oxygen atoms in total. The van der Waals surface area contributed by atoms with Crippen molar-refractivity contribution in [1.82, 2.24) is 10.6 Å². The van der Waals surface area contributed by atoms with Crippen LogP contribution in [0.2, 0.25) is 0 Å². The summed E-state index contributed by atoms with van der Waals surface area (Å²) in [6.07, 6.45) is 1.76. The van der Waals surface area contributed by atoms with Gasteiger partial charge in [0.25, 0.3) is 0 Å². The number of aryl methyl sites for hydroxylation is 2. The van der Waals surface area contributed by atoms with Crippen LogP contribution in [0.3, 0.4) is 0 Å². The molecule has 2 rings (SSSR count). The van der Waals surface area contributed by atoms with Crippen molar-refractivity contribution in [2.24, 2.45) is 0 Å². The van der Waals surface area contributed by atoms with E-state index in [1.54, 1.807) is 11.3 Å². The highest BCUT2D eigenvalue weighted by molar-refractivity contribution is 7.09. The maximum Gasteiger partial charge on any atom is 0.314 e. The van der Waals surface area contributed by atoms with Crippen molar-refractivity contribution < 1.29 is 4.79 Å². The van der Waals surface area contributed by atoms with E-state index in [0.717, 1.165) is 12.8 Å². The zero-order valence-electron chi connectivity index (χ0n) is 12.6. The van der Waals surface area contributed by atoms with Crippen molar-refractivity contribution >= 4 is 17.4 Å².